The third-order valence-electron chi connectivity index (χ3n) is 5.31. The van der Waals surface area contributed by atoms with Crippen LogP contribution in [-0.2, 0) is 14.4 Å². The third-order valence-corrected chi connectivity index (χ3v) is 5.31. The Kier molecular flexibility index (Phi) is 8.15. The average Bonchev–Trinajstić information content (AvgIpc) is 2.69. The summed E-state index contributed by atoms with van der Waals surface area (Å²) >= 11 is 0. The summed E-state index contributed by atoms with van der Waals surface area (Å²) in [6.07, 6.45) is 0.618. The van der Waals surface area contributed by atoms with Gasteiger partial charge in [0.05, 0.1) is 12.0 Å². The highest BCUT2D eigenvalue weighted by molar-refractivity contribution is 6.27. The van der Waals surface area contributed by atoms with Gasteiger partial charge < -0.3 is 10.2 Å². The molecule has 5 heteroatoms. The minimum absolute atomic E-state index is 0.0248. The van der Waals surface area contributed by atoms with E-state index in [1.165, 1.54) is 0 Å². The van der Waals surface area contributed by atoms with Crippen molar-refractivity contribution in [2.24, 2.45) is 29.6 Å². The molecule has 1 fully saturated rings. The Labute approximate surface area is 157 Å². The van der Waals surface area contributed by atoms with E-state index in [-0.39, 0.29) is 18.8 Å². The summed E-state index contributed by atoms with van der Waals surface area (Å²) < 4.78 is 0. The molecule has 2 N–H and O–H groups in total. The lowest BCUT2D eigenvalue weighted by Crippen LogP contribution is -2.52. The Bertz CT molecular complexity index is 522. The van der Waals surface area contributed by atoms with Crippen LogP contribution in [0.25, 0.3) is 0 Å². The molecular formula is C21H36O5. The van der Waals surface area contributed by atoms with E-state index >= 15 is 0 Å². The highest BCUT2D eigenvalue weighted by Crippen LogP contribution is 2.42. The van der Waals surface area contributed by atoms with Crippen molar-refractivity contribution in [1.29, 1.82) is 0 Å². The Morgan fingerprint density at radius 3 is 1.96 bits per heavy atom. The molecule has 0 bridgehead atoms. The monoisotopic (exact) mass is 368 g/mol. The van der Waals surface area contributed by atoms with Crippen molar-refractivity contribution in [1.82, 2.24) is 0 Å². The molecule has 0 aliphatic heterocycles. The number of Topliss-reactive ketones (excluding diaryl/α,β-unsaturated/α-hetero) is 3. The standard InChI is InChI=1S/C21H36O5/c1-12(2)7-9-15-19(24)18(16(22)11-14(5)6)20(25)21(15,26)17(23)10-8-13(3)4/h12-15,17-18,23,26H,7-11H2,1-6H3/t15?,17-,18?,21-/m0/s1. The predicted molar refractivity (Wildman–Crippen MR) is 101 cm³/mol. The van der Waals surface area contributed by atoms with Gasteiger partial charge in [-0.05, 0) is 37.0 Å². The molecule has 26 heavy (non-hydrogen) atoms. The summed E-state index contributed by atoms with van der Waals surface area (Å²) in [5.41, 5.74) is -2.14. The van der Waals surface area contributed by atoms with Gasteiger partial charge in [-0.1, -0.05) is 48.0 Å². The molecule has 1 aliphatic carbocycles. The second kappa shape index (κ2) is 9.23. The Morgan fingerprint density at radius 2 is 1.50 bits per heavy atom. The lowest BCUT2D eigenvalue weighted by atomic mass is 9.78. The zero-order chi connectivity index (χ0) is 20.2. The highest BCUT2D eigenvalue weighted by Gasteiger charge is 2.63. The molecule has 0 amide bonds. The molecule has 2 unspecified atom stereocenters. The second-order valence-electron chi connectivity index (χ2n) is 9.10. The van der Waals surface area contributed by atoms with Crippen LogP contribution in [0.4, 0.5) is 0 Å². The van der Waals surface area contributed by atoms with Crippen molar-refractivity contribution in [3.05, 3.63) is 0 Å². The van der Waals surface area contributed by atoms with E-state index in [9.17, 15) is 24.6 Å². The van der Waals surface area contributed by atoms with E-state index < -0.39 is 40.9 Å². The largest absolute Gasteiger partial charge is 0.390 e. The van der Waals surface area contributed by atoms with Crippen LogP contribution < -0.4 is 0 Å². The maximum atomic E-state index is 13.0. The van der Waals surface area contributed by atoms with Crippen LogP contribution in [-0.4, -0.2) is 39.3 Å². The molecule has 1 aliphatic rings. The number of hydrogen-bond donors (Lipinski definition) is 2. The van der Waals surface area contributed by atoms with Crippen molar-refractivity contribution in [2.75, 3.05) is 0 Å². The van der Waals surface area contributed by atoms with Gasteiger partial charge in [0.2, 0.25) is 0 Å². The van der Waals surface area contributed by atoms with Gasteiger partial charge in [-0.2, -0.15) is 0 Å². The van der Waals surface area contributed by atoms with Crippen LogP contribution in [0, 0.1) is 29.6 Å². The molecule has 0 heterocycles. The Hall–Kier alpha value is -1.07. The molecule has 0 radical (unpaired) electrons. The number of rotatable bonds is 10. The predicted octanol–water partition coefficient (Wildman–Crippen LogP) is 2.95. The lowest BCUT2D eigenvalue weighted by molar-refractivity contribution is -0.157. The van der Waals surface area contributed by atoms with E-state index in [2.05, 4.69) is 0 Å². The van der Waals surface area contributed by atoms with Gasteiger partial charge in [-0.25, -0.2) is 0 Å². The Balaban J connectivity index is 3.17. The van der Waals surface area contributed by atoms with Gasteiger partial charge >= 0.3 is 0 Å². The molecule has 5 nitrogen and oxygen atoms in total. The van der Waals surface area contributed by atoms with Gasteiger partial charge in [0.15, 0.2) is 23.0 Å². The van der Waals surface area contributed by atoms with Crippen molar-refractivity contribution in [3.63, 3.8) is 0 Å². The van der Waals surface area contributed by atoms with Crippen LogP contribution in [0.1, 0.15) is 73.6 Å². The quantitative estimate of drug-likeness (QED) is 0.579. The second-order valence-corrected chi connectivity index (χ2v) is 9.10. The SMILES string of the molecule is CC(C)CCC1C(=O)C(C(=O)CC(C)C)C(=O)[C@@]1(O)[C@@H](O)CCC(C)C. The molecule has 0 aromatic carbocycles. The molecule has 0 aromatic rings. The number of hydrogen-bond acceptors (Lipinski definition) is 5. The summed E-state index contributed by atoms with van der Waals surface area (Å²) in [6, 6.07) is 0. The van der Waals surface area contributed by atoms with Gasteiger partial charge in [0.1, 0.15) is 5.92 Å². The number of ketones is 3. The zero-order valence-corrected chi connectivity index (χ0v) is 17.1. The molecule has 1 rings (SSSR count). The van der Waals surface area contributed by atoms with E-state index in [0.717, 1.165) is 0 Å². The maximum Gasteiger partial charge on any atom is 0.185 e. The lowest BCUT2D eigenvalue weighted by Gasteiger charge is -2.33. The van der Waals surface area contributed by atoms with Crippen LogP contribution in [0.15, 0.2) is 0 Å². The number of aliphatic hydroxyl groups is 2. The van der Waals surface area contributed by atoms with Gasteiger partial charge in [-0.3, -0.25) is 14.4 Å². The van der Waals surface area contributed by atoms with Crippen LogP contribution >= 0.6 is 0 Å². The smallest absolute Gasteiger partial charge is 0.185 e. The van der Waals surface area contributed by atoms with Gasteiger partial charge in [0.25, 0.3) is 0 Å². The summed E-state index contributed by atoms with van der Waals surface area (Å²) in [5, 5.41) is 21.8. The van der Waals surface area contributed by atoms with Crippen molar-refractivity contribution < 1.29 is 24.6 Å². The molecule has 0 saturated heterocycles. The summed E-state index contributed by atoms with van der Waals surface area (Å²) in [4.78, 5) is 38.3. The maximum absolute atomic E-state index is 13.0. The molecule has 150 valence electrons. The number of carbonyl (C=O) groups excluding carboxylic acids is 3. The fraction of sp³-hybridized carbons (Fsp3) is 0.857. The van der Waals surface area contributed by atoms with E-state index in [1.54, 1.807) is 0 Å². The number of carbonyl (C=O) groups is 3. The van der Waals surface area contributed by atoms with Crippen molar-refractivity contribution in [2.45, 2.75) is 85.4 Å². The summed E-state index contributed by atoms with van der Waals surface area (Å²) in [6.45, 7) is 11.7. The first-order valence-electron chi connectivity index (χ1n) is 9.94. The van der Waals surface area contributed by atoms with Gasteiger partial charge in [0, 0.05) is 6.42 Å². The number of aliphatic hydroxyl groups excluding tert-OH is 1. The van der Waals surface area contributed by atoms with E-state index in [4.69, 9.17) is 0 Å². The third kappa shape index (κ3) is 5.01. The van der Waals surface area contributed by atoms with Crippen LogP contribution in [0.5, 0.6) is 0 Å². The van der Waals surface area contributed by atoms with Crippen LogP contribution in [0.2, 0.25) is 0 Å². The molecule has 1 saturated carbocycles. The molecule has 0 aromatic heterocycles. The van der Waals surface area contributed by atoms with Crippen LogP contribution in [0.3, 0.4) is 0 Å². The first kappa shape index (κ1) is 23.0. The normalized spacial score (nSPS) is 27.8. The van der Waals surface area contributed by atoms with E-state index in [0.29, 0.717) is 31.1 Å². The Morgan fingerprint density at radius 1 is 0.962 bits per heavy atom. The molecule has 4 atom stereocenters. The zero-order valence-electron chi connectivity index (χ0n) is 17.1. The topological polar surface area (TPSA) is 91.7 Å². The first-order valence-corrected chi connectivity index (χ1v) is 9.94. The fourth-order valence-corrected chi connectivity index (χ4v) is 3.75. The first-order chi connectivity index (χ1) is 11.9. The molecular weight excluding hydrogens is 332 g/mol. The van der Waals surface area contributed by atoms with Gasteiger partial charge in [-0.15, -0.1) is 0 Å². The average molecular weight is 369 g/mol. The van der Waals surface area contributed by atoms with Crippen molar-refractivity contribution >= 4 is 17.3 Å². The fourth-order valence-electron chi connectivity index (χ4n) is 3.75. The summed E-state index contributed by atoms with van der Waals surface area (Å²) in [7, 11) is 0. The van der Waals surface area contributed by atoms with E-state index in [1.807, 2.05) is 41.5 Å². The minimum Gasteiger partial charge on any atom is -0.390 e. The van der Waals surface area contributed by atoms with Crippen molar-refractivity contribution in [3.8, 4) is 0 Å². The molecule has 0 spiro atoms. The summed E-state index contributed by atoms with van der Waals surface area (Å²) in [5.74, 6) is -3.54. The highest BCUT2D eigenvalue weighted by atomic mass is 16.4. The minimum atomic E-state index is -2.14.